The average Bonchev–Trinajstić information content (AvgIpc) is 2.85. The van der Waals surface area contributed by atoms with Crippen LogP contribution in [0.25, 0.3) is 0 Å². The van der Waals surface area contributed by atoms with Crippen molar-refractivity contribution in [2.24, 2.45) is 5.92 Å². The van der Waals surface area contributed by atoms with E-state index < -0.39 is 0 Å². The van der Waals surface area contributed by atoms with E-state index in [1.54, 1.807) is 0 Å². The highest BCUT2D eigenvalue weighted by Gasteiger charge is 2.28. The molecular formula is C17H31N3O3. The average molecular weight is 325 g/mol. The monoisotopic (exact) mass is 325 g/mol. The summed E-state index contributed by atoms with van der Waals surface area (Å²) in [6.07, 6.45) is 0.677. The van der Waals surface area contributed by atoms with Crippen LogP contribution in [0.2, 0.25) is 0 Å². The number of rotatable bonds is 10. The van der Waals surface area contributed by atoms with Crippen LogP contribution >= 0.6 is 0 Å². The number of nitrogens with zero attached hydrogens (tertiary/aromatic N) is 2. The van der Waals surface area contributed by atoms with Crippen molar-refractivity contribution in [2.75, 3.05) is 31.6 Å². The van der Waals surface area contributed by atoms with E-state index in [0.29, 0.717) is 25.5 Å². The number of amides is 1. The van der Waals surface area contributed by atoms with Gasteiger partial charge in [-0.2, -0.15) is 0 Å². The normalized spacial score (nSPS) is 12.9. The second kappa shape index (κ2) is 9.67. The maximum Gasteiger partial charge on any atom is 0.244 e. The van der Waals surface area contributed by atoms with Gasteiger partial charge in [-0.15, -0.1) is 0 Å². The molecule has 1 amide bonds. The van der Waals surface area contributed by atoms with Gasteiger partial charge in [0.2, 0.25) is 11.8 Å². The number of aryl methyl sites for hydroxylation is 1. The lowest BCUT2D eigenvalue weighted by Crippen LogP contribution is -2.47. The van der Waals surface area contributed by atoms with Gasteiger partial charge in [-0.1, -0.05) is 32.9 Å². The summed E-state index contributed by atoms with van der Waals surface area (Å²) in [5.41, 5.74) is 1.71. The molecule has 0 saturated heterocycles. The highest BCUT2D eigenvalue weighted by molar-refractivity contribution is 5.94. The molecule has 1 N–H and O–H groups in total. The first-order chi connectivity index (χ1) is 11.0. The van der Waals surface area contributed by atoms with Crippen LogP contribution in [0, 0.1) is 12.8 Å². The van der Waals surface area contributed by atoms with Crippen molar-refractivity contribution >= 4 is 11.8 Å². The lowest BCUT2D eigenvalue weighted by atomic mass is 10.0. The zero-order chi connectivity index (χ0) is 17.4. The fourth-order valence-corrected chi connectivity index (χ4v) is 2.79. The molecule has 0 saturated carbocycles. The van der Waals surface area contributed by atoms with Gasteiger partial charge in [0, 0.05) is 18.6 Å². The molecule has 0 aromatic carbocycles. The zero-order valence-corrected chi connectivity index (χ0v) is 15.3. The lowest BCUT2D eigenvalue weighted by molar-refractivity contribution is -0.122. The third-order valence-electron chi connectivity index (χ3n) is 4.03. The molecule has 6 heteroatoms. The Hall–Kier alpha value is -1.40. The number of hydrogen-bond donors (Lipinski definition) is 1. The topological polar surface area (TPSA) is 67.6 Å². The molecule has 0 aliphatic carbocycles. The summed E-state index contributed by atoms with van der Waals surface area (Å²) < 4.78 is 10.7. The second-order valence-electron chi connectivity index (χ2n) is 5.92. The van der Waals surface area contributed by atoms with Crippen LogP contribution in [0.1, 0.15) is 45.9 Å². The van der Waals surface area contributed by atoms with Crippen LogP contribution in [-0.2, 0) is 16.0 Å². The Kier molecular flexibility index (Phi) is 8.26. The number of carbonyl (C=O) groups is 1. The van der Waals surface area contributed by atoms with Crippen molar-refractivity contribution in [1.82, 2.24) is 10.1 Å². The van der Waals surface area contributed by atoms with Crippen LogP contribution in [0.15, 0.2) is 4.52 Å². The molecule has 0 bridgehead atoms. The summed E-state index contributed by atoms with van der Waals surface area (Å²) in [5.74, 6) is 0.619. The van der Waals surface area contributed by atoms with E-state index in [2.05, 4.69) is 43.1 Å². The van der Waals surface area contributed by atoms with E-state index in [4.69, 9.17) is 9.26 Å². The number of ether oxygens (including phenoxy) is 1. The summed E-state index contributed by atoms with van der Waals surface area (Å²) >= 11 is 0. The minimum atomic E-state index is -0.185. The van der Waals surface area contributed by atoms with Crippen molar-refractivity contribution in [2.45, 2.75) is 54.0 Å². The van der Waals surface area contributed by atoms with E-state index in [1.165, 1.54) is 0 Å². The summed E-state index contributed by atoms with van der Waals surface area (Å²) in [6.45, 7) is 15.0. The van der Waals surface area contributed by atoms with Gasteiger partial charge < -0.3 is 9.26 Å². The molecule has 23 heavy (non-hydrogen) atoms. The van der Waals surface area contributed by atoms with Crippen molar-refractivity contribution in [3.63, 3.8) is 0 Å². The summed E-state index contributed by atoms with van der Waals surface area (Å²) in [4.78, 5) is 14.9. The van der Waals surface area contributed by atoms with Gasteiger partial charge in [0.05, 0.1) is 18.3 Å². The van der Waals surface area contributed by atoms with Crippen LogP contribution in [0.5, 0.6) is 0 Å². The number of likely N-dealkylation sites (N-methyl/N-ethyl adjacent to an activating group) is 1. The first-order valence-corrected chi connectivity index (χ1v) is 8.53. The Morgan fingerprint density at radius 2 is 1.96 bits per heavy atom. The first-order valence-electron chi connectivity index (χ1n) is 8.53. The van der Waals surface area contributed by atoms with Crippen LogP contribution < -0.4 is 5.32 Å². The third kappa shape index (κ3) is 5.32. The molecule has 1 rings (SSSR count). The number of anilines is 1. The van der Waals surface area contributed by atoms with Gasteiger partial charge in [0.15, 0.2) is 0 Å². The van der Waals surface area contributed by atoms with E-state index in [1.807, 2.05) is 13.8 Å². The molecule has 0 radical (unpaired) electrons. The molecule has 0 aliphatic rings. The Morgan fingerprint density at radius 3 is 2.48 bits per heavy atom. The molecule has 0 fully saturated rings. The van der Waals surface area contributed by atoms with Gasteiger partial charge in [0.25, 0.3) is 0 Å². The molecule has 1 heterocycles. The molecule has 1 aromatic heterocycles. The second-order valence-corrected chi connectivity index (χ2v) is 5.92. The van der Waals surface area contributed by atoms with E-state index in [-0.39, 0.29) is 17.9 Å². The van der Waals surface area contributed by atoms with Gasteiger partial charge in [0.1, 0.15) is 0 Å². The molecule has 0 spiro atoms. The Morgan fingerprint density at radius 1 is 1.30 bits per heavy atom. The number of aromatic nitrogens is 1. The van der Waals surface area contributed by atoms with Crippen LogP contribution in [0.4, 0.5) is 5.88 Å². The van der Waals surface area contributed by atoms with Gasteiger partial charge in [-0.3, -0.25) is 15.0 Å². The Balaban J connectivity index is 2.86. The van der Waals surface area contributed by atoms with Gasteiger partial charge in [-0.25, -0.2) is 0 Å². The summed E-state index contributed by atoms with van der Waals surface area (Å²) in [7, 11) is 0. The molecule has 132 valence electrons. The number of hydrogen-bond acceptors (Lipinski definition) is 5. The van der Waals surface area contributed by atoms with Crippen LogP contribution in [0.3, 0.4) is 0 Å². The SMILES string of the molecule is CCOCCc1c(C)noc1NC(=O)C(C(C)C)N(CC)CC. The predicted octanol–water partition coefficient (Wildman–Crippen LogP) is 2.87. The van der Waals surface area contributed by atoms with E-state index in [9.17, 15) is 4.79 Å². The third-order valence-corrected chi connectivity index (χ3v) is 4.03. The van der Waals surface area contributed by atoms with Crippen molar-refractivity contribution < 1.29 is 14.1 Å². The standard InChI is InChI=1S/C17H31N3O3/c1-7-20(8-2)15(12(4)5)16(21)18-17-14(10-11-22-9-3)13(6)19-23-17/h12,15H,7-11H2,1-6H3,(H,18,21). The van der Waals surface area contributed by atoms with Crippen molar-refractivity contribution in [1.29, 1.82) is 0 Å². The zero-order valence-electron chi connectivity index (χ0n) is 15.3. The smallest absolute Gasteiger partial charge is 0.244 e. The number of nitrogens with one attached hydrogen (secondary N) is 1. The van der Waals surface area contributed by atoms with E-state index in [0.717, 1.165) is 24.3 Å². The Bertz CT molecular complexity index is 481. The first kappa shape index (κ1) is 19.6. The Labute approximate surface area is 139 Å². The minimum Gasteiger partial charge on any atom is -0.381 e. The highest BCUT2D eigenvalue weighted by Crippen LogP contribution is 2.22. The molecule has 6 nitrogen and oxygen atoms in total. The van der Waals surface area contributed by atoms with E-state index >= 15 is 0 Å². The largest absolute Gasteiger partial charge is 0.381 e. The molecule has 1 unspecified atom stereocenters. The van der Waals surface area contributed by atoms with Crippen LogP contribution in [-0.4, -0.2) is 48.3 Å². The number of carbonyl (C=O) groups excluding carboxylic acids is 1. The summed E-state index contributed by atoms with van der Waals surface area (Å²) in [6, 6.07) is -0.185. The minimum absolute atomic E-state index is 0.0440. The maximum absolute atomic E-state index is 12.7. The fourth-order valence-electron chi connectivity index (χ4n) is 2.79. The van der Waals surface area contributed by atoms with Gasteiger partial charge >= 0.3 is 0 Å². The van der Waals surface area contributed by atoms with Crippen molar-refractivity contribution in [3.8, 4) is 0 Å². The molecular weight excluding hydrogens is 294 g/mol. The fraction of sp³-hybridized carbons (Fsp3) is 0.765. The molecule has 0 aliphatic heterocycles. The highest BCUT2D eigenvalue weighted by atomic mass is 16.5. The maximum atomic E-state index is 12.7. The van der Waals surface area contributed by atoms with Gasteiger partial charge in [-0.05, 0) is 32.9 Å². The quantitative estimate of drug-likeness (QED) is 0.670. The molecule has 1 aromatic rings. The molecule has 1 atom stereocenters. The lowest BCUT2D eigenvalue weighted by Gasteiger charge is -2.31. The predicted molar refractivity (Wildman–Crippen MR) is 91.6 cm³/mol. The van der Waals surface area contributed by atoms with Crippen molar-refractivity contribution in [3.05, 3.63) is 11.3 Å². The summed E-state index contributed by atoms with van der Waals surface area (Å²) in [5, 5.41) is 6.90.